The number of likely N-dealkylation sites (N-methyl/N-ethyl adjacent to an activating group) is 1. The molecule has 0 bridgehead atoms. The summed E-state index contributed by atoms with van der Waals surface area (Å²) in [6.07, 6.45) is 3.46. The molecule has 4 rings (SSSR count). The van der Waals surface area contributed by atoms with E-state index < -0.39 is 0 Å². The van der Waals surface area contributed by atoms with E-state index in [0.29, 0.717) is 23.2 Å². The summed E-state index contributed by atoms with van der Waals surface area (Å²) in [5.74, 6) is 0.845. The second-order valence-corrected chi connectivity index (χ2v) is 8.81. The lowest BCUT2D eigenvalue weighted by Crippen LogP contribution is -2.40. The van der Waals surface area contributed by atoms with Gasteiger partial charge in [-0.15, -0.1) is 0 Å². The molecule has 142 valence electrons. The van der Waals surface area contributed by atoms with Gasteiger partial charge in [0, 0.05) is 36.8 Å². The van der Waals surface area contributed by atoms with E-state index in [4.69, 9.17) is 17.3 Å². The van der Waals surface area contributed by atoms with E-state index in [2.05, 4.69) is 46.2 Å². The highest BCUT2D eigenvalue weighted by atomic mass is 35.5. The number of fused-ring (bicyclic) bond motifs is 2. The minimum atomic E-state index is -0.0792. The van der Waals surface area contributed by atoms with E-state index in [1.807, 2.05) is 0 Å². The van der Waals surface area contributed by atoms with Gasteiger partial charge in [0.25, 0.3) is 0 Å². The first-order chi connectivity index (χ1) is 12.3. The van der Waals surface area contributed by atoms with Crippen molar-refractivity contribution in [2.45, 2.75) is 45.1 Å². The summed E-state index contributed by atoms with van der Waals surface area (Å²) in [5.41, 5.74) is 13.4. The van der Waals surface area contributed by atoms with Gasteiger partial charge in [0.2, 0.25) is 5.95 Å². The van der Waals surface area contributed by atoms with Gasteiger partial charge in [-0.1, -0.05) is 25.4 Å². The van der Waals surface area contributed by atoms with Crippen LogP contribution in [0.15, 0.2) is 11.3 Å². The Kier molecular flexibility index (Phi) is 4.28. The maximum atomic E-state index is 9.78. The summed E-state index contributed by atoms with van der Waals surface area (Å²) < 4.78 is 0. The molecular weight excluding hydrogens is 352 g/mol. The van der Waals surface area contributed by atoms with E-state index >= 15 is 0 Å². The number of aliphatic hydroxyl groups excluding tert-OH is 1. The van der Waals surface area contributed by atoms with E-state index in [0.717, 1.165) is 30.8 Å². The Balaban J connectivity index is 1.65. The third kappa shape index (κ3) is 2.92. The van der Waals surface area contributed by atoms with Crippen molar-refractivity contribution in [1.29, 1.82) is 0 Å². The van der Waals surface area contributed by atoms with Crippen molar-refractivity contribution in [2.75, 3.05) is 37.4 Å². The molecular formula is C18H27ClN6O. The van der Waals surface area contributed by atoms with Crippen LogP contribution in [0.5, 0.6) is 0 Å². The summed E-state index contributed by atoms with van der Waals surface area (Å²) in [5, 5.41) is 12.3. The predicted octanol–water partition coefficient (Wildman–Crippen LogP) is 1.89. The molecule has 1 aromatic rings. The second-order valence-electron chi connectivity index (χ2n) is 8.45. The van der Waals surface area contributed by atoms with Gasteiger partial charge in [-0.05, 0) is 30.3 Å². The topological polar surface area (TPSA) is 90.5 Å². The van der Waals surface area contributed by atoms with Gasteiger partial charge in [0.05, 0.1) is 13.2 Å². The van der Waals surface area contributed by atoms with Gasteiger partial charge in [0.1, 0.15) is 11.0 Å². The molecule has 2 aliphatic heterocycles. The van der Waals surface area contributed by atoms with Crippen LogP contribution in [0.25, 0.3) is 0 Å². The molecule has 2 unspecified atom stereocenters. The quantitative estimate of drug-likeness (QED) is 0.692. The Hall–Kier alpha value is -1.57. The van der Waals surface area contributed by atoms with Crippen LogP contribution in [0, 0.1) is 5.41 Å². The molecule has 3 heterocycles. The fourth-order valence-electron chi connectivity index (χ4n) is 4.58. The van der Waals surface area contributed by atoms with E-state index in [1.165, 1.54) is 17.7 Å². The highest BCUT2D eigenvalue weighted by molar-refractivity contribution is 6.30. The minimum Gasteiger partial charge on any atom is -0.396 e. The highest BCUT2D eigenvalue weighted by Crippen LogP contribution is 2.44. The Labute approximate surface area is 159 Å². The molecule has 0 spiro atoms. The fourth-order valence-corrected chi connectivity index (χ4v) is 4.91. The number of halogens is 1. The predicted molar refractivity (Wildman–Crippen MR) is 103 cm³/mol. The molecule has 26 heavy (non-hydrogen) atoms. The minimum absolute atomic E-state index is 0.0211. The SMILES string of the molecule is CN1NC2CC(C)(C)CCC2=C1CN1CC(CO)c2c(Cl)nc(N)nc21. The molecule has 1 saturated carbocycles. The molecule has 0 saturated heterocycles. The Morgan fingerprint density at radius 3 is 2.88 bits per heavy atom. The summed E-state index contributed by atoms with van der Waals surface area (Å²) in [7, 11) is 2.08. The van der Waals surface area contributed by atoms with E-state index in [1.54, 1.807) is 0 Å². The molecule has 7 nitrogen and oxygen atoms in total. The number of aliphatic hydroxyl groups is 1. The number of nitrogens with two attached hydrogens (primary N) is 1. The second kappa shape index (κ2) is 6.25. The van der Waals surface area contributed by atoms with E-state index in [9.17, 15) is 5.11 Å². The van der Waals surface area contributed by atoms with Gasteiger partial charge in [-0.2, -0.15) is 4.98 Å². The zero-order chi connectivity index (χ0) is 18.6. The number of anilines is 2. The van der Waals surface area contributed by atoms with Crippen LogP contribution < -0.4 is 16.1 Å². The summed E-state index contributed by atoms with van der Waals surface area (Å²) >= 11 is 6.30. The zero-order valence-corrected chi connectivity index (χ0v) is 16.3. The van der Waals surface area contributed by atoms with Crippen LogP contribution in [0.4, 0.5) is 11.8 Å². The number of aromatic nitrogens is 2. The average Bonchev–Trinajstić information content (AvgIpc) is 3.04. The van der Waals surface area contributed by atoms with Crippen LogP contribution in [0.1, 0.15) is 44.6 Å². The summed E-state index contributed by atoms with van der Waals surface area (Å²) in [6, 6.07) is 0.411. The van der Waals surface area contributed by atoms with Crippen molar-refractivity contribution in [3.8, 4) is 0 Å². The number of nitrogens with zero attached hydrogens (tertiary/aromatic N) is 4. The number of hydrogen-bond donors (Lipinski definition) is 3. The van der Waals surface area contributed by atoms with Gasteiger partial charge in [-0.25, -0.2) is 10.4 Å². The molecule has 3 aliphatic rings. The summed E-state index contributed by atoms with van der Waals surface area (Å²) in [6.45, 7) is 6.10. The zero-order valence-electron chi connectivity index (χ0n) is 15.6. The first-order valence-electron chi connectivity index (χ1n) is 9.19. The van der Waals surface area contributed by atoms with Crippen molar-refractivity contribution < 1.29 is 5.11 Å². The van der Waals surface area contributed by atoms with Gasteiger partial charge in [-0.3, -0.25) is 0 Å². The molecule has 0 radical (unpaired) electrons. The van der Waals surface area contributed by atoms with Crippen LogP contribution in [-0.4, -0.2) is 52.9 Å². The molecule has 1 aromatic heterocycles. The third-order valence-electron chi connectivity index (χ3n) is 5.98. The smallest absolute Gasteiger partial charge is 0.223 e. The van der Waals surface area contributed by atoms with Crippen molar-refractivity contribution in [1.82, 2.24) is 20.4 Å². The maximum Gasteiger partial charge on any atom is 0.223 e. The third-order valence-corrected chi connectivity index (χ3v) is 6.27. The number of nitrogen functional groups attached to an aromatic ring is 1. The maximum absolute atomic E-state index is 9.78. The van der Waals surface area contributed by atoms with Crippen LogP contribution >= 0.6 is 11.6 Å². The molecule has 4 N–H and O–H groups in total. The largest absolute Gasteiger partial charge is 0.396 e. The first-order valence-corrected chi connectivity index (χ1v) is 9.57. The van der Waals surface area contributed by atoms with E-state index in [-0.39, 0.29) is 18.5 Å². The molecule has 8 heteroatoms. The Bertz CT molecular complexity index is 764. The van der Waals surface area contributed by atoms with Crippen molar-refractivity contribution in [3.63, 3.8) is 0 Å². The molecule has 0 amide bonds. The average molecular weight is 379 g/mol. The Morgan fingerprint density at radius 1 is 1.38 bits per heavy atom. The van der Waals surface area contributed by atoms with Crippen LogP contribution in [-0.2, 0) is 0 Å². The van der Waals surface area contributed by atoms with Gasteiger partial charge in [0.15, 0.2) is 0 Å². The molecule has 1 aliphatic carbocycles. The lowest BCUT2D eigenvalue weighted by Gasteiger charge is -2.34. The first kappa shape index (κ1) is 17.8. The van der Waals surface area contributed by atoms with Crippen LogP contribution in [0.2, 0.25) is 5.15 Å². The number of nitrogens with one attached hydrogen (secondary N) is 1. The lowest BCUT2D eigenvalue weighted by atomic mass is 9.73. The van der Waals surface area contributed by atoms with Crippen molar-refractivity contribution >= 4 is 23.4 Å². The molecule has 0 aromatic carbocycles. The Morgan fingerprint density at radius 2 is 2.15 bits per heavy atom. The van der Waals surface area contributed by atoms with Gasteiger partial charge < -0.3 is 20.7 Å². The fraction of sp³-hybridized carbons (Fsp3) is 0.667. The van der Waals surface area contributed by atoms with Crippen LogP contribution in [0.3, 0.4) is 0 Å². The summed E-state index contributed by atoms with van der Waals surface area (Å²) in [4.78, 5) is 10.7. The van der Waals surface area contributed by atoms with Crippen molar-refractivity contribution in [3.05, 3.63) is 22.0 Å². The standard InChI is InChI=1S/C18H27ClN6O/c1-18(2)5-4-11-12(6-18)23-24(3)13(11)8-25-7-10(9-26)14-15(19)21-17(20)22-16(14)25/h10,12,23,26H,4-9H2,1-3H3,(H2,20,21,22). The molecule has 1 fully saturated rings. The number of hydrazine groups is 1. The van der Waals surface area contributed by atoms with Crippen molar-refractivity contribution in [2.24, 2.45) is 5.41 Å². The highest BCUT2D eigenvalue weighted by Gasteiger charge is 2.40. The monoisotopic (exact) mass is 378 g/mol. The normalized spacial score (nSPS) is 27.1. The van der Waals surface area contributed by atoms with Gasteiger partial charge >= 0.3 is 0 Å². The number of hydrogen-bond acceptors (Lipinski definition) is 7. The lowest BCUT2D eigenvalue weighted by molar-refractivity contribution is 0.210. The number of rotatable bonds is 3. The molecule has 2 atom stereocenters.